The fourth-order valence-corrected chi connectivity index (χ4v) is 2.73. The second-order valence-electron chi connectivity index (χ2n) is 5.60. The van der Waals surface area contributed by atoms with Gasteiger partial charge in [0, 0.05) is 13.1 Å². The number of hydrogen-bond acceptors (Lipinski definition) is 5. The second-order valence-corrected chi connectivity index (χ2v) is 5.60. The molecule has 2 aromatic rings. The number of nitrogens with one attached hydrogen (secondary N) is 2. The molecule has 1 fully saturated rings. The van der Waals surface area contributed by atoms with Crippen LogP contribution in [0, 0.1) is 0 Å². The molecule has 1 aromatic carbocycles. The zero-order valence-corrected chi connectivity index (χ0v) is 13.5. The molecule has 3 rings (SSSR count). The smallest absolute Gasteiger partial charge is 0.243 e. The number of carbonyl (C=O) groups excluding carboxylic acids is 3. The van der Waals surface area contributed by atoms with E-state index in [1.54, 1.807) is 6.07 Å². The molecule has 8 heteroatoms. The molecule has 0 spiro atoms. The normalized spacial score (nSPS) is 17.2. The number of para-hydroxylation sites is 2. The van der Waals surface area contributed by atoms with Crippen molar-refractivity contribution in [3.63, 3.8) is 0 Å². The Bertz CT molecular complexity index is 796. The van der Waals surface area contributed by atoms with Crippen LogP contribution in [0.5, 0.6) is 0 Å². The summed E-state index contributed by atoms with van der Waals surface area (Å²) in [4.78, 5) is 41.7. The van der Waals surface area contributed by atoms with E-state index in [0.717, 1.165) is 6.08 Å². The van der Waals surface area contributed by atoms with Gasteiger partial charge in [0.1, 0.15) is 11.6 Å². The topological polar surface area (TPSA) is 105 Å². The molecule has 25 heavy (non-hydrogen) atoms. The Kier molecular flexibility index (Phi) is 4.78. The molecule has 0 aliphatic carbocycles. The first-order valence-corrected chi connectivity index (χ1v) is 7.90. The van der Waals surface area contributed by atoms with Crippen LogP contribution in [0.1, 0.15) is 5.89 Å². The average molecular weight is 342 g/mol. The maximum absolute atomic E-state index is 12.4. The minimum Gasteiger partial charge on any atom is -0.441 e. The summed E-state index contributed by atoms with van der Waals surface area (Å²) in [5.74, 6) is -0.662. The monoisotopic (exact) mass is 342 g/mol. The Balaban J connectivity index is 1.75. The van der Waals surface area contributed by atoms with E-state index < -0.39 is 11.9 Å². The third-order valence-electron chi connectivity index (χ3n) is 3.96. The van der Waals surface area contributed by atoms with Crippen molar-refractivity contribution < 1.29 is 18.8 Å². The lowest BCUT2D eigenvalue weighted by molar-refractivity contribution is -0.143. The number of aromatic nitrogens is 1. The first-order chi connectivity index (χ1) is 12.1. The van der Waals surface area contributed by atoms with Gasteiger partial charge < -0.3 is 20.0 Å². The van der Waals surface area contributed by atoms with Gasteiger partial charge in [-0.05, 0) is 18.2 Å². The Labute approximate surface area is 143 Å². The fraction of sp³-hybridized carbons (Fsp3) is 0.294. The molecule has 1 unspecified atom stereocenters. The molecule has 2 heterocycles. The van der Waals surface area contributed by atoms with Crippen molar-refractivity contribution in [2.75, 3.05) is 19.6 Å². The molecule has 1 aromatic heterocycles. The van der Waals surface area contributed by atoms with Gasteiger partial charge in [0.25, 0.3) is 0 Å². The largest absolute Gasteiger partial charge is 0.441 e. The Morgan fingerprint density at radius 1 is 1.44 bits per heavy atom. The maximum atomic E-state index is 12.4. The Hall–Kier alpha value is -3.16. The van der Waals surface area contributed by atoms with Crippen LogP contribution in [0.15, 0.2) is 41.3 Å². The summed E-state index contributed by atoms with van der Waals surface area (Å²) in [5, 5.41) is 5.17. The number of benzene rings is 1. The summed E-state index contributed by atoms with van der Waals surface area (Å²) < 4.78 is 5.65. The SMILES string of the molecule is C=CC(=O)NCC(=O)N1CCNC(=O)C1Cc1nc2ccccc2o1. The molecule has 8 nitrogen and oxygen atoms in total. The van der Waals surface area contributed by atoms with Crippen LogP contribution in [-0.4, -0.2) is 53.3 Å². The summed E-state index contributed by atoms with van der Waals surface area (Å²) in [6.07, 6.45) is 1.26. The van der Waals surface area contributed by atoms with Gasteiger partial charge in [0.05, 0.1) is 13.0 Å². The lowest BCUT2D eigenvalue weighted by atomic mass is 10.1. The Morgan fingerprint density at radius 2 is 2.24 bits per heavy atom. The Morgan fingerprint density at radius 3 is 3.00 bits per heavy atom. The predicted molar refractivity (Wildman–Crippen MR) is 89.4 cm³/mol. The number of piperazine rings is 1. The molecule has 1 aliphatic heterocycles. The van der Waals surface area contributed by atoms with Crippen LogP contribution in [-0.2, 0) is 20.8 Å². The number of rotatable bonds is 5. The molecule has 1 atom stereocenters. The summed E-state index contributed by atoms with van der Waals surface area (Å²) in [6, 6.07) is 6.57. The van der Waals surface area contributed by atoms with Gasteiger partial charge >= 0.3 is 0 Å². The van der Waals surface area contributed by atoms with Gasteiger partial charge in [-0.25, -0.2) is 4.98 Å². The van der Waals surface area contributed by atoms with Gasteiger partial charge in [-0.3, -0.25) is 14.4 Å². The molecule has 2 N–H and O–H groups in total. The highest BCUT2D eigenvalue weighted by Gasteiger charge is 2.34. The third kappa shape index (κ3) is 3.68. The van der Waals surface area contributed by atoms with Gasteiger partial charge in [0.2, 0.25) is 17.7 Å². The zero-order valence-electron chi connectivity index (χ0n) is 13.5. The number of amides is 3. The van der Waals surface area contributed by atoms with Crippen molar-refractivity contribution in [2.45, 2.75) is 12.5 Å². The zero-order chi connectivity index (χ0) is 17.8. The number of nitrogens with zero attached hydrogens (tertiary/aromatic N) is 2. The lowest BCUT2D eigenvalue weighted by Gasteiger charge is -2.34. The van der Waals surface area contributed by atoms with E-state index in [0.29, 0.717) is 30.1 Å². The van der Waals surface area contributed by atoms with Crippen molar-refractivity contribution in [3.05, 3.63) is 42.8 Å². The minimum atomic E-state index is -0.727. The number of oxazole rings is 1. The molecule has 0 bridgehead atoms. The van der Waals surface area contributed by atoms with Crippen molar-refractivity contribution in [1.29, 1.82) is 0 Å². The van der Waals surface area contributed by atoms with Crippen molar-refractivity contribution in [1.82, 2.24) is 20.5 Å². The van der Waals surface area contributed by atoms with Crippen LogP contribution in [0.2, 0.25) is 0 Å². The standard InChI is InChI=1S/C17H18N4O4/c1-2-14(22)19-10-16(23)21-8-7-18-17(24)12(21)9-15-20-11-5-3-4-6-13(11)25-15/h2-6,12H,1,7-10H2,(H,18,24)(H,19,22). The molecule has 1 saturated heterocycles. The van der Waals surface area contributed by atoms with Crippen LogP contribution in [0.4, 0.5) is 0 Å². The van der Waals surface area contributed by atoms with Gasteiger partial charge in [-0.2, -0.15) is 0 Å². The average Bonchev–Trinajstić information content (AvgIpc) is 3.03. The molecule has 0 radical (unpaired) electrons. The quantitative estimate of drug-likeness (QED) is 0.744. The van der Waals surface area contributed by atoms with E-state index >= 15 is 0 Å². The van der Waals surface area contributed by atoms with E-state index in [4.69, 9.17) is 4.42 Å². The molecular formula is C17H18N4O4. The summed E-state index contributed by atoms with van der Waals surface area (Å²) >= 11 is 0. The number of carbonyl (C=O) groups is 3. The van der Waals surface area contributed by atoms with Crippen molar-refractivity contribution in [3.8, 4) is 0 Å². The van der Waals surface area contributed by atoms with E-state index in [9.17, 15) is 14.4 Å². The molecule has 0 saturated carbocycles. The first kappa shape index (κ1) is 16.7. The molecule has 1 aliphatic rings. The summed E-state index contributed by atoms with van der Waals surface area (Å²) in [6.45, 7) is 3.87. The van der Waals surface area contributed by atoms with E-state index in [1.165, 1.54) is 4.90 Å². The van der Waals surface area contributed by atoms with Gasteiger partial charge in [0.15, 0.2) is 11.5 Å². The van der Waals surface area contributed by atoms with Crippen LogP contribution in [0.25, 0.3) is 11.1 Å². The maximum Gasteiger partial charge on any atom is 0.243 e. The van der Waals surface area contributed by atoms with Crippen molar-refractivity contribution >= 4 is 28.8 Å². The van der Waals surface area contributed by atoms with Crippen LogP contribution < -0.4 is 10.6 Å². The van der Waals surface area contributed by atoms with E-state index in [1.807, 2.05) is 18.2 Å². The molecular weight excluding hydrogens is 324 g/mol. The van der Waals surface area contributed by atoms with Gasteiger partial charge in [-0.1, -0.05) is 18.7 Å². The highest BCUT2D eigenvalue weighted by molar-refractivity contribution is 5.93. The molecule has 130 valence electrons. The fourth-order valence-electron chi connectivity index (χ4n) is 2.73. The summed E-state index contributed by atoms with van der Waals surface area (Å²) in [5.41, 5.74) is 1.33. The summed E-state index contributed by atoms with van der Waals surface area (Å²) in [7, 11) is 0. The van der Waals surface area contributed by atoms with Crippen molar-refractivity contribution in [2.24, 2.45) is 0 Å². The highest BCUT2D eigenvalue weighted by Crippen LogP contribution is 2.18. The van der Waals surface area contributed by atoms with E-state index in [2.05, 4.69) is 22.2 Å². The predicted octanol–water partition coefficient (Wildman–Crippen LogP) is -0.000500. The lowest BCUT2D eigenvalue weighted by Crippen LogP contribution is -2.59. The van der Waals surface area contributed by atoms with E-state index in [-0.39, 0.29) is 24.8 Å². The third-order valence-corrected chi connectivity index (χ3v) is 3.96. The number of hydrogen-bond donors (Lipinski definition) is 2. The minimum absolute atomic E-state index is 0.168. The molecule has 3 amide bonds. The second kappa shape index (κ2) is 7.16. The van der Waals surface area contributed by atoms with Crippen LogP contribution in [0.3, 0.4) is 0 Å². The highest BCUT2D eigenvalue weighted by atomic mass is 16.3. The number of fused-ring (bicyclic) bond motifs is 1. The van der Waals surface area contributed by atoms with Gasteiger partial charge in [-0.15, -0.1) is 0 Å². The first-order valence-electron chi connectivity index (χ1n) is 7.90. The van der Waals surface area contributed by atoms with Crippen LogP contribution >= 0.6 is 0 Å².